The highest BCUT2D eigenvalue weighted by Crippen LogP contribution is 2.35. The largest absolute Gasteiger partial charge is 0.497 e. The minimum atomic E-state index is -0.449. The zero-order valence-corrected chi connectivity index (χ0v) is 18.0. The maximum atomic E-state index is 12.7. The molecule has 0 atom stereocenters. The summed E-state index contributed by atoms with van der Waals surface area (Å²) in [6.07, 6.45) is 1.53. The summed E-state index contributed by atoms with van der Waals surface area (Å²) in [5, 5.41) is 4.13. The number of ether oxygens (including phenoxy) is 3. The summed E-state index contributed by atoms with van der Waals surface area (Å²) in [4.78, 5) is 17.1. The van der Waals surface area contributed by atoms with Crippen LogP contribution < -0.4 is 14.8 Å². The molecule has 0 saturated carbocycles. The SMILES string of the molecule is CCOC(=O)c1cnc2ccc(OC)cc2c1Nc1ccccc1OCc1ccccc1. The van der Waals surface area contributed by atoms with Gasteiger partial charge in [-0.25, -0.2) is 4.79 Å². The number of hydrogen-bond donors (Lipinski definition) is 1. The summed E-state index contributed by atoms with van der Waals surface area (Å²) in [6.45, 7) is 2.47. The van der Waals surface area contributed by atoms with Crippen molar-refractivity contribution in [2.45, 2.75) is 13.5 Å². The number of benzene rings is 3. The molecular weight excluding hydrogens is 404 g/mol. The van der Waals surface area contributed by atoms with Crippen molar-refractivity contribution >= 4 is 28.2 Å². The molecule has 4 rings (SSSR count). The van der Waals surface area contributed by atoms with Crippen molar-refractivity contribution < 1.29 is 19.0 Å². The minimum absolute atomic E-state index is 0.269. The fourth-order valence-electron chi connectivity index (χ4n) is 3.36. The van der Waals surface area contributed by atoms with E-state index in [4.69, 9.17) is 14.2 Å². The van der Waals surface area contributed by atoms with Crippen molar-refractivity contribution in [1.29, 1.82) is 0 Å². The Balaban J connectivity index is 1.74. The van der Waals surface area contributed by atoms with Crippen molar-refractivity contribution in [1.82, 2.24) is 4.98 Å². The van der Waals surface area contributed by atoms with Crippen LogP contribution in [0.5, 0.6) is 11.5 Å². The lowest BCUT2D eigenvalue weighted by atomic mass is 10.1. The van der Waals surface area contributed by atoms with E-state index in [2.05, 4.69) is 10.3 Å². The molecule has 0 amide bonds. The van der Waals surface area contributed by atoms with Crippen LogP contribution >= 0.6 is 0 Å². The predicted molar refractivity (Wildman–Crippen MR) is 125 cm³/mol. The fourth-order valence-corrected chi connectivity index (χ4v) is 3.36. The number of esters is 1. The number of carbonyl (C=O) groups is 1. The number of pyridine rings is 1. The molecular formula is C26H24N2O4. The van der Waals surface area contributed by atoms with E-state index in [0.717, 1.165) is 22.2 Å². The zero-order chi connectivity index (χ0) is 22.3. The highest BCUT2D eigenvalue weighted by atomic mass is 16.5. The van der Waals surface area contributed by atoms with Crippen molar-refractivity contribution in [3.05, 3.63) is 90.1 Å². The molecule has 0 unspecified atom stereocenters. The average molecular weight is 428 g/mol. The van der Waals surface area contributed by atoms with Gasteiger partial charge in [0, 0.05) is 11.6 Å². The number of aromatic nitrogens is 1. The third kappa shape index (κ3) is 4.64. The maximum Gasteiger partial charge on any atom is 0.341 e. The Morgan fingerprint density at radius 2 is 1.78 bits per heavy atom. The van der Waals surface area contributed by atoms with E-state index < -0.39 is 5.97 Å². The molecule has 0 bridgehead atoms. The molecule has 0 fully saturated rings. The van der Waals surface area contributed by atoms with Crippen LogP contribution in [0, 0.1) is 0 Å². The molecule has 32 heavy (non-hydrogen) atoms. The van der Waals surface area contributed by atoms with E-state index in [1.807, 2.05) is 72.8 Å². The minimum Gasteiger partial charge on any atom is -0.497 e. The van der Waals surface area contributed by atoms with Gasteiger partial charge in [0.2, 0.25) is 0 Å². The van der Waals surface area contributed by atoms with Crippen LogP contribution in [0.25, 0.3) is 10.9 Å². The summed E-state index contributed by atoms with van der Waals surface area (Å²) < 4.78 is 16.7. The number of para-hydroxylation sites is 2. The van der Waals surface area contributed by atoms with Gasteiger partial charge in [-0.2, -0.15) is 0 Å². The molecule has 0 radical (unpaired) electrons. The van der Waals surface area contributed by atoms with E-state index in [1.165, 1.54) is 6.20 Å². The Hall–Kier alpha value is -4.06. The monoisotopic (exact) mass is 428 g/mol. The van der Waals surface area contributed by atoms with Crippen LogP contribution in [0.15, 0.2) is 79.0 Å². The van der Waals surface area contributed by atoms with Gasteiger partial charge in [-0.1, -0.05) is 42.5 Å². The predicted octanol–water partition coefficient (Wildman–Crippen LogP) is 5.74. The Bertz CT molecular complexity index is 1230. The van der Waals surface area contributed by atoms with E-state index in [-0.39, 0.29) is 6.61 Å². The topological polar surface area (TPSA) is 69.7 Å². The zero-order valence-electron chi connectivity index (χ0n) is 18.0. The van der Waals surface area contributed by atoms with Crippen LogP contribution in [-0.4, -0.2) is 24.7 Å². The number of fused-ring (bicyclic) bond motifs is 1. The number of nitrogens with zero attached hydrogens (tertiary/aromatic N) is 1. The number of rotatable bonds is 8. The first-order valence-electron chi connectivity index (χ1n) is 10.4. The van der Waals surface area contributed by atoms with Gasteiger partial charge in [-0.05, 0) is 42.8 Å². The second-order valence-corrected chi connectivity index (χ2v) is 7.05. The number of carbonyl (C=O) groups excluding carboxylic acids is 1. The van der Waals surface area contributed by atoms with Gasteiger partial charge in [-0.15, -0.1) is 0 Å². The molecule has 4 aromatic rings. The number of hydrogen-bond acceptors (Lipinski definition) is 6. The lowest BCUT2D eigenvalue weighted by Crippen LogP contribution is -2.10. The summed E-state index contributed by atoms with van der Waals surface area (Å²) in [5.74, 6) is 0.880. The molecule has 1 N–H and O–H groups in total. The van der Waals surface area contributed by atoms with Gasteiger partial charge >= 0.3 is 5.97 Å². The van der Waals surface area contributed by atoms with Crippen LogP contribution in [0.2, 0.25) is 0 Å². The van der Waals surface area contributed by atoms with E-state index in [0.29, 0.717) is 29.4 Å². The second kappa shape index (κ2) is 9.83. The number of nitrogens with one attached hydrogen (secondary N) is 1. The highest BCUT2D eigenvalue weighted by Gasteiger charge is 2.18. The average Bonchev–Trinajstić information content (AvgIpc) is 2.84. The standard InChI is InChI=1S/C26H24N2O4/c1-3-31-26(29)21-16-27-22-14-13-19(30-2)15-20(22)25(21)28-23-11-7-8-12-24(23)32-17-18-9-5-4-6-10-18/h4-16H,3,17H2,1-2H3,(H,27,28). The summed E-state index contributed by atoms with van der Waals surface area (Å²) in [6, 6.07) is 23.1. The molecule has 0 saturated heterocycles. The van der Waals surface area contributed by atoms with Crippen LogP contribution in [0.1, 0.15) is 22.8 Å². The fraction of sp³-hybridized carbons (Fsp3) is 0.154. The third-order valence-electron chi connectivity index (χ3n) is 4.95. The molecule has 0 aliphatic heterocycles. The van der Waals surface area contributed by atoms with Gasteiger partial charge in [0.05, 0.1) is 30.6 Å². The highest BCUT2D eigenvalue weighted by molar-refractivity contribution is 6.06. The molecule has 1 heterocycles. The molecule has 6 nitrogen and oxygen atoms in total. The lowest BCUT2D eigenvalue weighted by Gasteiger charge is -2.17. The van der Waals surface area contributed by atoms with E-state index in [1.54, 1.807) is 14.0 Å². The van der Waals surface area contributed by atoms with Crippen molar-refractivity contribution in [2.24, 2.45) is 0 Å². The molecule has 0 spiro atoms. The molecule has 0 aliphatic rings. The Kier molecular flexibility index (Phi) is 6.51. The summed E-state index contributed by atoms with van der Waals surface area (Å²) in [7, 11) is 1.60. The summed E-state index contributed by atoms with van der Waals surface area (Å²) in [5.41, 5.74) is 3.44. The first-order valence-corrected chi connectivity index (χ1v) is 10.4. The second-order valence-electron chi connectivity index (χ2n) is 7.05. The Morgan fingerprint density at radius 1 is 1.00 bits per heavy atom. The van der Waals surface area contributed by atoms with Crippen LogP contribution in [0.3, 0.4) is 0 Å². The molecule has 6 heteroatoms. The van der Waals surface area contributed by atoms with Gasteiger partial charge < -0.3 is 19.5 Å². The first kappa shape index (κ1) is 21.2. The van der Waals surface area contributed by atoms with Crippen LogP contribution in [0.4, 0.5) is 11.4 Å². The van der Waals surface area contributed by atoms with Crippen molar-refractivity contribution in [2.75, 3.05) is 19.0 Å². The van der Waals surface area contributed by atoms with Gasteiger partial charge in [-0.3, -0.25) is 4.98 Å². The van der Waals surface area contributed by atoms with Crippen molar-refractivity contribution in [3.63, 3.8) is 0 Å². The van der Waals surface area contributed by atoms with Crippen LogP contribution in [-0.2, 0) is 11.3 Å². The number of anilines is 2. The molecule has 0 aliphatic carbocycles. The number of methoxy groups -OCH3 is 1. The molecule has 1 aromatic heterocycles. The Labute approximate surface area is 186 Å². The smallest absolute Gasteiger partial charge is 0.341 e. The first-order chi connectivity index (χ1) is 15.7. The third-order valence-corrected chi connectivity index (χ3v) is 4.95. The van der Waals surface area contributed by atoms with Gasteiger partial charge in [0.25, 0.3) is 0 Å². The molecule has 3 aromatic carbocycles. The summed E-state index contributed by atoms with van der Waals surface area (Å²) >= 11 is 0. The Morgan fingerprint density at radius 3 is 2.56 bits per heavy atom. The van der Waals surface area contributed by atoms with Gasteiger partial charge in [0.1, 0.15) is 23.7 Å². The van der Waals surface area contributed by atoms with Gasteiger partial charge in [0.15, 0.2) is 0 Å². The maximum absolute atomic E-state index is 12.7. The quantitative estimate of drug-likeness (QED) is 0.361. The van der Waals surface area contributed by atoms with Crippen molar-refractivity contribution in [3.8, 4) is 11.5 Å². The van der Waals surface area contributed by atoms with E-state index in [9.17, 15) is 4.79 Å². The lowest BCUT2D eigenvalue weighted by molar-refractivity contribution is 0.0527. The molecule has 162 valence electrons. The van der Waals surface area contributed by atoms with E-state index >= 15 is 0 Å². The normalized spacial score (nSPS) is 10.6.